The third-order valence-corrected chi connectivity index (χ3v) is 12.6. The van der Waals surface area contributed by atoms with Crippen LogP contribution in [0.15, 0.2) is 241 Å². The molecule has 1 N–H and O–H groups in total. The van der Waals surface area contributed by atoms with Gasteiger partial charge in [0.25, 0.3) is 0 Å². The van der Waals surface area contributed by atoms with Crippen LogP contribution in [0.1, 0.15) is 27.8 Å². The van der Waals surface area contributed by atoms with E-state index in [0.29, 0.717) is 0 Å². The Balaban J connectivity index is 1.01. The number of hydrogen-bond acceptors (Lipinski definition) is 2. The summed E-state index contributed by atoms with van der Waals surface area (Å²) in [6.45, 7) is 0. The first-order valence-corrected chi connectivity index (χ1v) is 21.7. The van der Waals surface area contributed by atoms with Gasteiger partial charge in [-0.15, -0.1) is 0 Å². The van der Waals surface area contributed by atoms with Crippen LogP contribution in [0.3, 0.4) is 0 Å². The number of rotatable bonds is 7. The molecule has 0 saturated heterocycles. The van der Waals surface area contributed by atoms with Gasteiger partial charge in [0.05, 0.1) is 22.8 Å². The van der Waals surface area contributed by atoms with Crippen LogP contribution in [-0.2, 0) is 0 Å². The van der Waals surface area contributed by atoms with Crippen molar-refractivity contribution in [2.24, 2.45) is 4.99 Å². The monoisotopic (exact) mass is 803 g/mol. The Labute approximate surface area is 366 Å². The lowest BCUT2D eigenvalue weighted by Crippen LogP contribution is -2.39. The molecule has 3 heteroatoms. The standard InChI is InChI=1S/C60H41N3/c1-3-17-43(18-4-1)59-54-26-11-12-28-56(54)61-60(62-59)48-32-34-53-52-33-31-46(38-57(52)63(58(53)39-48)49-23-5-2-6-24-49)45-21-13-22-47(37-45)55(51-27-14-20-42-16-9-10-25-50(42)51)36-40-29-30-41-15-7-8-19-44(41)35-40/h1-39,56H,(H,61,62). The van der Waals surface area contributed by atoms with Crippen molar-refractivity contribution in [3.05, 3.63) is 264 Å². The second-order valence-corrected chi connectivity index (χ2v) is 16.4. The minimum atomic E-state index is 0.0373. The van der Waals surface area contributed by atoms with E-state index >= 15 is 0 Å². The summed E-state index contributed by atoms with van der Waals surface area (Å²) in [7, 11) is 0. The van der Waals surface area contributed by atoms with E-state index in [4.69, 9.17) is 4.99 Å². The highest BCUT2D eigenvalue weighted by atomic mass is 15.1. The van der Waals surface area contributed by atoms with Crippen LogP contribution in [0, 0.1) is 0 Å². The molecule has 0 bridgehead atoms. The Morgan fingerprint density at radius 3 is 2.00 bits per heavy atom. The number of hydrogen-bond donors (Lipinski definition) is 1. The van der Waals surface area contributed by atoms with Crippen LogP contribution in [0.25, 0.3) is 77.5 Å². The molecule has 1 aliphatic carbocycles. The Morgan fingerprint density at radius 1 is 0.492 bits per heavy atom. The molecule has 0 radical (unpaired) electrons. The summed E-state index contributed by atoms with van der Waals surface area (Å²) in [5, 5.41) is 11.1. The summed E-state index contributed by atoms with van der Waals surface area (Å²) in [6.07, 6.45) is 11.0. The normalized spacial score (nSPS) is 15.0. The number of benzene rings is 9. The van der Waals surface area contributed by atoms with Gasteiger partial charge in [-0.3, -0.25) is 0 Å². The lowest BCUT2D eigenvalue weighted by molar-refractivity contribution is 0.830. The zero-order valence-corrected chi connectivity index (χ0v) is 34.5. The van der Waals surface area contributed by atoms with Gasteiger partial charge in [-0.1, -0.05) is 194 Å². The van der Waals surface area contributed by atoms with Gasteiger partial charge in [-0.25, -0.2) is 4.99 Å². The Bertz CT molecular complexity index is 3580. The van der Waals surface area contributed by atoms with Crippen LogP contribution in [0.5, 0.6) is 0 Å². The van der Waals surface area contributed by atoms with E-state index in [1.165, 1.54) is 60.2 Å². The molecule has 10 aromatic rings. The smallest absolute Gasteiger partial charge is 0.134 e. The lowest BCUT2D eigenvalue weighted by Gasteiger charge is -2.28. The molecule has 0 spiro atoms. The van der Waals surface area contributed by atoms with Gasteiger partial charge in [-0.2, -0.15) is 0 Å². The minimum absolute atomic E-state index is 0.0373. The molecule has 12 rings (SSSR count). The van der Waals surface area contributed by atoms with Gasteiger partial charge in [0, 0.05) is 33.2 Å². The molecule has 9 aromatic carbocycles. The third kappa shape index (κ3) is 6.59. The fourth-order valence-electron chi connectivity index (χ4n) is 9.53. The highest BCUT2D eigenvalue weighted by molar-refractivity contribution is 6.14. The topological polar surface area (TPSA) is 29.3 Å². The summed E-state index contributed by atoms with van der Waals surface area (Å²) in [5.74, 6) is 0.866. The van der Waals surface area contributed by atoms with Crippen LogP contribution in [0.2, 0.25) is 0 Å². The van der Waals surface area contributed by atoms with Gasteiger partial charge in [0.2, 0.25) is 0 Å². The van der Waals surface area contributed by atoms with Gasteiger partial charge in [-0.05, 0) is 97.4 Å². The van der Waals surface area contributed by atoms with E-state index in [9.17, 15) is 0 Å². The Morgan fingerprint density at radius 2 is 1.16 bits per heavy atom. The minimum Gasteiger partial charge on any atom is -0.359 e. The Kier molecular flexibility index (Phi) is 8.90. The number of aromatic nitrogens is 1. The maximum atomic E-state index is 5.31. The van der Waals surface area contributed by atoms with Gasteiger partial charge >= 0.3 is 0 Å². The molecule has 0 saturated carbocycles. The highest BCUT2D eigenvalue weighted by Crippen LogP contribution is 2.39. The van der Waals surface area contributed by atoms with Crippen LogP contribution >= 0.6 is 0 Å². The van der Waals surface area contributed by atoms with E-state index in [0.717, 1.165) is 50.5 Å². The maximum Gasteiger partial charge on any atom is 0.134 e. The van der Waals surface area contributed by atoms with Gasteiger partial charge < -0.3 is 9.88 Å². The molecule has 0 amide bonds. The van der Waals surface area contributed by atoms with Crippen LogP contribution < -0.4 is 5.32 Å². The van der Waals surface area contributed by atoms with Gasteiger partial charge in [0.1, 0.15) is 5.84 Å². The number of nitrogens with zero attached hydrogens (tertiary/aromatic N) is 2. The molecular formula is C60H41N3. The number of allylic oxidation sites excluding steroid dienone is 2. The largest absolute Gasteiger partial charge is 0.359 e. The van der Waals surface area contributed by atoms with Gasteiger partial charge in [0.15, 0.2) is 0 Å². The van der Waals surface area contributed by atoms with Crippen molar-refractivity contribution in [2.75, 3.05) is 0 Å². The molecular weight excluding hydrogens is 763 g/mol. The van der Waals surface area contributed by atoms with Crippen molar-refractivity contribution in [3.63, 3.8) is 0 Å². The van der Waals surface area contributed by atoms with Crippen molar-refractivity contribution in [1.29, 1.82) is 0 Å². The second kappa shape index (κ2) is 15.3. The molecule has 1 atom stereocenters. The summed E-state index contributed by atoms with van der Waals surface area (Å²) < 4.78 is 2.41. The zero-order chi connectivity index (χ0) is 41.7. The van der Waals surface area contributed by atoms with Crippen molar-refractivity contribution in [2.45, 2.75) is 6.04 Å². The zero-order valence-electron chi connectivity index (χ0n) is 34.5. The first kappa shape index (κ1) is 36.6. The first-order chi connectivity index (χ1) is 31.2. The molecule has 63 heavy (non-hydrogen) atoms. The molecule has 1 aromatic heterocycles. The SMILES string of the molecule is C1=CC2=C(c3ccccc3)N=C(c3ccc4c5ccc(-c6cccc(C(=Cc7ccc8ccccc8c7)c7cccc8ccccc78)c6)cc5n(-c5ccccc5)c4c3)NC2C=C1. The van der Waals surface area contributed by atoms with Crippen molar-refractivity contribution >= 4 is 66.5 Å². The first-order valence-electron chi connectivity index (χ1n) is 21.7. The average molecular weight is 804 g/mol. The maximum absolute atomic E-state index is 5.31. The molecule has 1 unspecified atom stereocenters. The van der Waals surface area contributed by atoms with Crippen molar-refractivity contribution < 1.29 is 0 Å². The van der Waals surface area contributed by atoms with Crippen molar-refractivity contribution in [1.82, 2.24) is 9.88 Å². The molecule has 2 heterocycles. The van der Waals surface area contributed by atoms with Crippen LogP contribution in [0.4, 0.5) is 0 Å². The number of fused-ring (bicyclic) bond motifs is 6. The predicted octanol–water partition coefficient (Wildman–Crippen LogP) is 14.6. The third-order valence-electron chi connectivity index (χ3n) is 12.6. The van der Waals surface area contributed by atoms with Crippen molar-refractivity contribution in [3.8, 4) is 16.8 Å². The lowest BCUT2D eigenvalue weighted by atomic mass is 9.90. The average Bonchev–Trinajstić information content (AvgIpc) is 3.68. The molecule has 0 fully saturated rings. The Hall–Kier alpha value is -8.27. The fourth-order valence-corrected chi connectivity index (χ4v) is 9.53. The summed E-state index contributed by atoms with van der Waals surface area (Å²) >= 11 is 0. The quantitative estimate of drug-likeness (QED) is 0.160. The van der Waals surface area contributed by atoms with E-state index in [1.807, 2.05) is 0 Å². The summed E-state index contributed by atoms with van der Waals surface area (Å²) in [5.41, 5.74) is 14.8. The number of amidine groups is 1. The number of aliphatic imine (C=N–C) groups is 1. The highest BCUT2D eigenvalue weighted by Gasteiger charge is 2.25. The second-order valence-electron chi connectivity index (χ2n) is 16.4. The molecule has 1 aliphatic heterocycles. The summed E-state index contributed by atoms with van der Waals surface area (Å²) in [4.78, 5) is 5.31. The van der Waals surface area contributed by atoms with Crippen LogP contribution in [-0.4, -0.2) is 16.4 Å². The fraction of sp³-hybridized carbons (Fsp3) is 0.0167. The predicted molar refractivity (Wildman–Crippen MR) is 266 cm³/mol. The number of nitrogens with one attached hydrogen (secondary N) is 1. The van der Waals surface area contributed by atoms with E-state index in [2.05, 4.69) is 247 Å². The van der Waals surface area contributed by atoms with E-state index in [-0.39, 0.29) is 6.04 Å². The molecule has 2 aliphatic rings. The molecule has 296 valence electrons. The summed E-state index contributed by atoms with van der Waals surface area (Å²) in [6, 6.07) is 74.7. The number of para-hydroxylation sites is 1. The van der Waals surface area contributed by atoms with E-state index in [1.54, 1.807) is 0 Å². The van der Waals surface area contributed by atoms with E-state index < -0.39 is 0 Å². The molecule has 3 nitrogen and oxygen atoms in total.